The molecule has 1 N–H and O–H groups in total. The normalized spacial score (nSPS) is 39.1. The summed E-state index contributed by atoms with van der Waals surface area (Å²) in [7, 11) is 0. The highest BCUT2D eigenvalue weighted by molar-refractivity contribution is 5.75. The Bertz CT molecular complexity index is 500. The van der Waals surface area contributed by atoms with Crippen molar-refractivity contribution >= 4 is 5.97 Å². The first-order valence-corrected chi connectivity index (χ1v) is 8.57. The maximum Gasteiger partial charge on any atom is 0.309 e. The molecular formula is C19H28O2. The molecule has 0 spiro atoms. The van der Waals surface area contributed by atoms with E-state index in [-0.39, 0.29) is 0 Å². The second-order valence-electron chi connectivity index (χ2n) is 7.84. The first kappa shape index (κ1) is 14.9. The lowest BCUT2D eigenvalue weighted by molar-refractivity contribution is -0.156. The summed E-state index contributed by atoms with van der Waals surface area (Å²) in [6.07, 6.45) is 11.3. The molecule has 0 bridgehead atoms. The second kappa shape index (κ2) is 5.30. The summed E-state index contributed by atoms with van der Waals surface area (Å²) in [6, 6.07) is 0. The van der Waals surface area contributed by atoms with Crippen LogP contribution in [-0.4, -0.2) is 11.1 Å². The van der Waals surface area contributed by atoms with E-state index in [9.17, 15) is 9.90 Å². The summed E-state index contributed by atoms with van der Waals surface area (Å²) in [5, 5.41) is 9.71. The summed E-state index contributed by atoms with van der Waals surface area (Å²) >= 11 is 0. The minimum absolute atomic E-state index is 0.339. The highest BCUT2D eigenvalue weighted by atomic mass is 16.4. The van der Waals surface area contributed by atoms with E-state index in [1.807, 2.05) is 6.92 Å². The van der Waals surface area contributed by atoms with E-state index >= 15 is 0 Å². The Morgan fingerprint density at radius 2 is 2.14 bits per heavy atom. The smallest absolute Gasteiger partial charge is 0.309 e. The maximum atomic E-state index is 11.8. The molecule has 3 unspecified atom stereocenters. The molecule has 0 aromatic rings. The number of aliphatic carboxylic acids is 1. The molecule has 0 saturated heterocycles. The molecule has 0 heterocycles. The quantitative estimate of drug-likeness (QED) is 0.791. The number of carboxylic acid groups (broad SMARTS) is 1. The van der Waals surface area contributed by atoms with Crippen molar-refractivity contribution in [1.29, 1.82) is 0 Å². The van der Waals surface area contributed by atoms with E-state index < -0.39 is 11.4 Å². The monoisotopic (exact) mass is 288 g/mol. The lowest BCUT2D eigenvalue weighted by Crippen LogP contribution is -2.47. The van der Waals surface area contributed by atoms with E-state index in [4.69, 9.17) is 0 Å². The van der Waals surface area contributed by atoms with Gasteiger partial charge in [-0.3, -0.25) is 4.79 Å². The first-order chi connectivity index (χ1) is 9.93. The molecule has 1 fully saturated rings. The fourth-order valence-corrected chi connectivity index (χ4v) is 5.02. The van der Waals surface area contributed by atoms with E-state index in [2.05, 4.69) is 26.0 Å². The van der Waals surface area contributed by atoms with E-state index in [1.54, 1.807) is 5.57 Å². The molecule has 3 aliphatic carbocycles. The molecule has 2 heteroatoms. The molecular weight excluding hydrogens is 260 g/mol. The SMILES string of the molecule is CC(C)C1=CC2=CCC3C(CCC[C@@]3(C)C(=O)O)C2CC1. The van der Waals surface area contributed by atoms with Crippen molar-refractivity contribution in [1.82, 2.24) is 0 Å². The molecule has 0 aliphatic heterocycles. The lowest BCUT2D eigenvalue weighted by atomic mass is 9.54. The number of carboxylic acids is 1. The fraction of sp³-hybridized carbons (Fsp3) is 0.737. The molecule has 0 radical (unpaired) electrons. The first-order valence-electron chi connectivity index (χ1n) is 8.57. The molecule has 0 aromatic carbocycles. The van der Waals surface area contributed by atoms with Gasteiger partial charge in [0.15, 0.2) is 0 Å². The topological polar surface area (TPSA) is 37.3 Å². The predicted molar refractivity (Wildman–Crippen MR) is 84.9 cm³/mol. The molecule has 2 nitrogen and oxygen atoms in total. The molecule has 21 heavy (non-hydrogen) atoms. The second-order valence-corrected chi connectivity index (χ2v) is 7.84. The van der Waals surface area contributed by atoms with Gasteiger partial charge in [0, 0.05) is 0 Å². The summed E-state index contributed by atoms with van der Waals surface area (Å²) in [5.74, 6) is 1.60. The predicted octanol–water partition coefficient (Wildman–Crippen LogP) is 4.82. The van der Waals surface area contributed by atoms with Crippen molar-refractivity contribution in [3.8, 4) is 0 Å². The molecule has 0 aromatic heterocycles. The molecule has 116 valence electrons. The van der Waals surface area contributed by atoms with Gasteiger partial charge < -0.3 is 5.11 Å². The molecule has 4 atom stereocenters. The minimum Gasteiger partial charge on any atom is -0.481 e. The van der Waals surface area contributed by atoms with Gasteiger partial charge in [-0.15, -0.1) is 0 Å². The Balaban J connectivity index is 1.91. The highest BCUT2D eigenvalue weighted by Crippen LogP contribution is 2.55. The van der Waals surface area contributed by atoms with E-state index in [1.165, 1.54) is 24.8 Å². The third-order valence-electron chi connectivity index (χ3n) is 6.45. The highest BCUT2D eigenvalue weighted by Gasteiger charge is 2.50. The average Bonchev–Trinajstić information content (AvgIpc) is 2.46. The van der Waals surface area contributed by atoms with Gasteiger partial charge in [0.25, 0.3) is 0 Å². The average molecular weight is 288 g/mol. The van der Waals surface area contributed by atoms with Gasteiger partial charge in [0.05, 0.1) is 5.41 Å². The Labute approximate surface area is 128 Å². The standard InChI is InChI=1S/C19H28O2/c1-12(2)13-6-8-15-14(11-13)7-9-17-16(15)5-4-10-19(17,3)18(20)21/h7,11-12,15-17H,4-6,8-10H2,1-3H3,(H,20,21)/t15?,16?,17?,19-/m1/s1. The van der Waals surface area contributed by atoms with Crippen LogP contribution in [0, 0.1) is 29.1 Å². The van der Waals surface area contributed by atoms with Crippen LogP contribution in [0.3, 0.4) is 0 Å². The van der Waals surface area contributed by atoms with Crippen LogP contribution in [0.5, 0.6) is 0 Å². The summed E-state index contributed by atoms with van der Waals surface area (Å²) < 4.78 is 0. The minimum atomic E-state index is -0.580. The Morgan fingerprint density at radius 1 is 1.38 bits per heavy atom. The van der Waals surface area contributed by atoms with Crippen molar-refractivity contribution in [3.63, 3.8) is 0 Å². The van der Waals surface area contributed by atoms with Crippen LogP contribution < -0.4 is 0 Å². The van der Waals surface area contributed by atoms with Gasteiger partial charge in [0.2, 0.25) is 0 Å². The van der Waals surface area contributed by atoms with Crippen LogP contribution in [0.25, 0.3) is 0 Å². The van der Waals surface area contributed by atoms with Crippen LogP contribution in [-0.2, 0) is 4.79 Å². The zero-order chi connectivity index (χ0) is 15.2. The Kier molecular flexibility index (Phi) is 3.75. The van der Waals surface area contributed by atoms with Gasteiger partial charge >= 0.3 is 5.97 Å². The summed E-state index contributed by atoms with van der Waals surface area (Å²) in [6.45, 7) is 6.55. The molecule has 1 saturated carbocycles. The third-order valence-corrected chi connectivity index (χ3v) is 6.45. The van der Waals surface area contributed by atoms with Crippen molar-refractivity contribution in [2.24, 2.45) is 29.1 Å². The third kappa shape index (κ3) is 2.37. The number of allylic oxidation sites excluding steroid dienone is 4. The Hall–Kier alpha value is -1.05. The largest absolute Gasteiger partial charge is 0.481 e. The van der Waals surface area contributed by atoms with Crippen LogP contribution in [0.4, 0.5) is 0 Å². The van der Waals surface area contributed by atoms with Gasteiger partial charge in [-0.1, -0.05) is 38.0 Å². The zero-order valence-corrected chi connectivity index (χ0v) is 13.6. The fourth-order valence-electron chi connectivity index (χ4n) is 5.02. The maximum absolute atomic E-state index is 11.8. The number of hydrogen-bond acceptors (Lipinski definition) is 1. The zero-order valence-electron chi connectivity index (χ0n) is 13.6. The van der Waals surface area contributed by atoms with Crippen molar-refractivity contribution in [3.05, 3.63) is 23.3 Å². The number of fused-ring (bicyclic) bond motifs is 3. The summed E-state index contributed by atoms with van der Waals surface area (Å²) in [4.78, 5) is 11.8. The molecule has 3 rings (SSSR count). The van der Waals surface area contributed by atoms with Crippen LogP contribution in [0.2, 0.25) is 0 Å². The van der Waals surface area contributed by atoms with Gasteiger partial charge in [-0.2, -0.15) is 0 Å². The van der Waals surface area contributed by atoms with Crippen LogP contribution >= 0.6 is 0 Å². The number of hydrogen-bond donors (Lipinski definition) is 1. The van der Waals surface area contributed by atoms with Gasteiger partial charge in [0.1, 0.15) is 0 Å². The number of carbonyl (C=O) groups is 1. The molecule has 3 aliphatic rings. The van der Waals surface area contributed by atoms with Gasteiger partial charge in [-0.05, 0) is 68.3 Å². The van der Waals surface area contributed by atoms with E-state index in [0.29, 0.717) is 23.7 Å². The van der Waals surface area contributed by atoms with Crippen LogP contribution in [0.1, 0.15) is 59.3 Å². The summed E-state index contributed by atoms with van der Waals surface area (Å²) in [5.41, 5.74) is 2.58. The van der Waals surface area contributed by atoms with Crippen LogP contribution in [0.15, 0.2) is 23.3 Å². The number of rotatable bonds is 2. The lowest BCUT2D eigenvalue weighted by Gasteiger charge is -2.50. The van der Waals surface area contributed by atoms with E-state index in [0.717, 1.165) is 19.3 Å². The van der Waals surface area contributed by atoms with Crippen molar-refractivity contribution < 1.29 is 9.90 Å². The Morgan fingerprint density at radius 3 is 2.81 bits per heavy atom. The van der Waals surface area contributed by atoms with Crippen molar-refractivity contribution in [2.45, 2.75) is 59.3 Å². The molecule has 0 amide bonds. The van der Waals surface area contributed by atoms with Gasteiger partial charge in [-0.25, -0.2) is 0 Å². The van der Waals surface area contributed by atoms with Crippen molar-refractivity contribution in [2.75, 3.05) is 0 Å².